The molecule has 0 radical (unpaired) electrons. The van der Waals surface area contributed by atoms with Crippen LogP contribution in [0.5, 0.6) is 0 Å². The van der Waals surface area contributed by atoms with Crippen molar-refractivity contribution < 1.29 is 0 Å². The topological polar surface area (TPSA) is 24.9 Å². The van der Waals surface area contributed by atoms with E-state index in [1.165, 1.54) is 17.0 Å². The van der Waals surface area contributed by atoms with Gasteiger partial charge in [0.15, 0.2) is 0 Å². The zero-order valence-corrected chi connectivity index (χ0v) is 10.4. The van der Waals surface area contributed by atoms with Crippen molar-refractivity contribution in [1.29, 1.82) is 0 Å². The summed E-state index contributed by atoms with van der Waals surface area (Å²) in [7, 11) is 0. The average Bonchev–Trinajstić information content (AvgIpc) is 2.18. The second-order valence-electron chi connectivity index (χ2n) is 4.47. The molecular formula is C12H19ClN2. The third-order valence-electron chi connectivity index (χ3n) is 2.86. The summed E-state index contributed by atoms with van der Waals surface area (Å²) in [5.41, 5.74) is 3.89. The Kier molecular flexibility index (Phi) is 4.12. The van der Waals surface area contributed by atoms with E-state index in [9.17, 15) is 0 Å². The van der Waals surface area contributed by atoms with Gasteiger partial charge in [-0.1, -0.05) is 26.8 Å². The van der Waals surface area contributed by atoms with Crippen LogP contribution in [-0.4, -0.2) is 11.5 Å². The first-order chi connectivity index (χ1) is 6.68. The molecule has 0 aliphatic carbocycles. The van der Waals surface area contributed by atoms with Gasteiger partial charge in [0.1, 0.15) is 0 Å². The minimum Gasteiger partial charge on any atom is -0.312 e. The van der Waals surface area contributed by atoms with Crippen LogP contribution in [0, 0.1) is 0 Å². The number of nitrogens with zero attached hydrogens (tertiary/aromatic N) is 1. The minimum atomic E-state index is 0. The smallest absolute Gasteiger partial charge is 0.0492 e. The van der Waals surface area contributed by atoms with Gasteiger partial charge in [0.25, 0.3) is 0 Å². The summed E-state index contributed by atoms with van der Waals surface area (Å²) >= 11 is 0. The first-order valence-corrected chi connectivity index (χ1v) is 5.39. The molecule has 1 atom stereocenters. The second-order valence-corrected chi connectivity index (χ2v) is 4.47. The highest BCUT2D eigenvalue weighted by Gasteiger charge is 2.18. The highest BCUT2D eigenvalue weighted by Crippen LogP contribution is 2.23. The Labute approximate surface area is 97.9 Å². The predicted molar refractivity (Wildman–Crippen MR) is 65.7 cm³/mol. The van der Waals surface area contributed by atoms with Gasteiger partial charge in [0.2, 0.25) is 0 Å². The van der Waals surface area contributed by atoms with E-state index < -0.39 is 0 Å². The number of nitrogens with one attached hydrogen (secondary N) is 1. The molecule has 0 spiro atoms. The Morgan fingerprint density at radius 3 is 2.80 bits per heavy atom. The van der Waals surface area contributed by atoms with Gasteiger partial charge in [0, 0.05) is 30.4 Å². The third kappa shape index (κ3) is 2.50. The predicted octanol–water partition coefficient (Wildman–Crippen LogP) is 2.83. The van der Waals surface area contributed by atoms with Crippen LogP contribution in [0.25, 0.3) is 0 Å². The molecule has 0 saturated heterocycles. The molecular weight excluding hydrogens is 208 g/mol. The first-order valence-electron chi connectivity index (χ1n) is 5.39. The van der Waals surface area contributed by atoms with E-state index >= 15 is 0 Å². The van der Waals surface area contributed by atoms with E-state index in [0.717, 1.165) is 13.1 Å². The van der Waals surface area contributed by atoms with Crippen LogP contribution in [0.1, 0.15) is 49.6 Å². The standard InChI is InChI=1S/C12H18N2.ClH/c1-8(2)11-5-4-10-7-13-6-9(3)12(10)14-11;/h4-5,8-9,13H,6-7H2,1-3H3;1H. The van der Waals surface area contributed by atoms with Gasteiger partial charge in [-0.25, -0.2) is 0 Å². The number of aromatic nitrogens is 1. The van der Waals surface area contributed by atoms with Crippen molar-refractivity contribution in [2.45, 2.75) is 39.2 Å². The summed E-state index contributed by atoms with van der Waals surface area (Å²) in [5.74, 6) is 1.08. The van der Waals surface area contributed by atoms with Crippen molar-refractivity contribution in [2.75, 3.05) is 6.54 Å². The maximum Gasteiger partial charge on any atom is 0.0492 e. The fourth-order valence-electron chi connectivity index (χ4n) is 1.94. The number of pyridine rings is 1. The Balaban J connectivity index is 0.00000112. The second kappa shape index (κ2) is 4.95. The molecule has 0 saturated carbocycles. The molecule has 0 aromatic carbocycles. The Bertz CT molecular complexity index is 336. The molecule has 15 heavy (non-hydrogen) atoms. The van der Waals surface area contributed by atoms with Crippen LogP contribution in [-0.2, 0) is 6.54 Å². The van der Waals surface area contributed by atoms with Gasteiger partial charge in [0.05, 0.1) is 0 Å². The molecule has 1 aliphatic heterocycles. The number of rotatable bonds is 1. The monoisotopic (exact) mass is 226 g/mol. The normalized spacial score (nSPS) is 19.6. The van der Waals surface area contributed by atoms with Crippen LogP contribution in [0.2, 0.25) is 0 Å². The molecule has 1 N–H and O–H groups in total. The highest BCUT2D eigenvalue weighted by atomic mass is 35.5. The molecule has 2 nitrogen and oxygen atoms in total. The summed E-state index contributed by atoms with van der Waals surface area (Å²) in [6.07, 6.45) is 0. The maximum atomic E-state index is 4.75. The number of hydrogen-bond donors (Lipinski definition) is 1. The number of halogens is 1. The van der Waals surface area contributed by atoms with Crippen molar-refractivity contribution in [3.8, 4) is 0 Å². The zero-order chi connectivity index (χ0) is 10.1. The van der Waals surface area contributed by atoms with Crippen molar-refractivity contribution in [1.82, 2.24) is 10.3 Å². The maximum absolute atomic E-state index is 4.75. The van der Waals surface area contributed by atoms with Gasteiger partial charge in [-0.15, -0.1) is 12.4 Å². The van der Waals surface area contributed by atoms with Crippen molar-refractivity contribution in [3.63, 3.8) is 0 Å². The lowest BCUT2D eigenvalue weighted by Gasteiger charge is -2.23. The van der Waals surface area contributed by atoms with Crippen LogP contribution in [0.15, 0.2) is 12.1 Å². The SMILES string of the molecule is CC(C)c1ccc2c(n1)C(C)CNC2.Cl. The van der Waals surface area contributed by atoms with Gasteiger partial charge in [-0.05, 0) is 17.5 Å². The van der Waals surface area contributed by atoms with Crippen LogP contribution >= 0.6 is 12.4 Å². The lowest BCUT2D eigenvalue weighted by Crippen LogP contribution is -2.27. The summed E-state index contributed by atoms with van der Waals surface area (Å²) < 4.78 is 0. The summed E-state index contributed by atoms with van der Waals surface area (Å²) in [6.45, 7) is 8.66. The molecule has 0 fully saturated rings. The fourth-order valence-corrected chi connectivity index (χ4v) is 1.94. The van der Waals surface area contributed by atoms with E-state index in [-0.39, 0.29) is 12.4 Å². The highest BCUT2D eigenvalue weighted by molar-refractivity contribution is 5.85. The van der Waals surface area contributed by atoms with Crippen molar-refractivity contribution in [3.05, 3.63) is 29.1 Å². The molecule has 1 unspecified atom stereocenters. The molecule has 1 aliphatic rings. The van der Waals surface area contributed by atoms with Crippen LogP contribution in [0.3, 0.4) is 0 Å². The van der Waals surface area contributed by atoms with E-state index in [0.29, 0.717) is 11.8 Å². The zero-order valence-electron chi connectivity index (χ0n) is 9.58. The molecule has 1 aromatic heterocycles. The first kappa shape index (κ1) is 12.5. The van der Waals surface area contributed by atoms with E-state index in [1.54, 1.807) is 0 Å². The van der Waals surface area contributed by atoms with E-state index in [2.05, 4.69) is 38.2 Å². The molecule has 3 heteroatoms. The average molecular weight is 227 g/mol. The molecule has 2 rings (SSSR count). The summed E-state index contributed by atoms with van der Waals surface area (Å²) in [4.78, 5) is 4.75. The van der Waals surface area contributed by atoms with E-state index in [1.807, 2.05) is 0 Å². The quantitative estimate of drug-likeness (QED) is 0.797. The van der Waals surface area contributed by atoms with Crippen molar-refractivity contribution in [2.24, 2.45) is 0 Å². The minimum absolute atomic E-state index is 0. The number of hydrogen-bond acceptors (Lipinski definition) is 2. The van der Waals surface area contributed by atoms with Crippen LogP contribution < -0.4 is 5.32 Å². The summed E-state index contributed by atoms with van der Waals surface area (Å²) in [5, 5.41) is 3.40. The molecule has 2 heterocycles. The number of fused-ring (bicyclic) bond motifs is 1. The lowest BCUT2D eigenvalue weighted by molar-refractivity contribution is 0.552. The Morgan fingerprint density at radius 2 is 2.13 bits per heavy atom. The summed E-state index contributed by atoms with van der Waals surface area (Å²) in [6, 6.07) is 4.38. The van der Waals surface area contributed by atoms with Crippen molar-refractivity contribution >= 4 is 12.4 Å². The van der Waals surface area contributed by atoms with Gasteiger partial charge < -0.3 is 5.32 Å². The van der Waals surface area contributed by atoms with Gasteiger partial charge >= 0.3 is 0 Å². The van der Waals surface area contributed by atoms with Crippen LogP contribution in [0.4, 0.5) is 0 Å². The molecule has 84 valence electrons. The Morgan fingerprint density at radius 1 is 1.40 bits per heavy atom. The Hall–Kier alpha value is -0.600. The third-order valence-corrected chi connectivity index (χ3v) is 2.86. The van der Waals surface area contributed by atoms with Gasteiger partial charge in [-0.2, -0.15) is 0 Å². The largest absolute Gasteiger partial charge is 0.312 e. The molecule has 1 aromatic rings. The molecule has 0 bridgehead atoms. The fraction of sp³-hybridized carbons (Fsp3) is 0.583. The lowest BCUT2D eigenvalue weighted by atomic mass is 9.96. The van der Waals surface area contributed by atoms with Gasteiger partial charge in [-0.3, -0.25) is 4.98 Å². The van der Waals surface area contributed by atoms with E-state index in [4.69, 9.17) is 4.98 Å². The molecule has 0 amide bonds.